The molecule has 0 heterocycles. The smallest absolute Gasteiger partial charge is 0.317 e. The number of benzene rings is 1. The fourth-order valence-corrected chi connectivity index (χ4v) is 4.06. The largest absolute Gasteiger partial charge is 0.393 e. The first-order valence-corrected chi connectivity index (χ1v) is 8.78. The van der Waals surface area contributed by atoms with Gasteiger partial charge in [-0.2, -0.15) is 0 Å². The molecular formula is C19H28N2O2. The van der Waals surface area contributed by atoms with Gasteiger partial charge in [-0.3, -0.25) is 0 Å². The molecule has 0 unspecified atom stereocenters. The van der Waals surface area contributed by atoms with Gasteiger partial charge in [-0.15, -0.1) is 0 Å². The van der Waals surface area contributed by atoms with E-state index in [-0.39, 0.29) is 12.1 Å². The van der Waals surface area contributed by atoms with E-state index < -0.39 is 0 Å². The molecule has 0 bridgehead atoms. The van der Waals surface area contributed by atoms with E-state index in [0.29, 0.717) is 24.3 Å². The molecule has 4 nitrogen and oxygen atoms in total. The number of aryl methyl sites for hydroxylation is 1. The van der Waals surface area contributed by atoms with Gasteiger partial charge in [-0.1, -0.05) is 24.3 Å². The van der Waals surface area contributed by atoms with E-state index in [0.717, 1.165) is 6.54 Å². The number of hydrogen-bond donors (Lipinski definition) is 2. The van der Waals surface area contributed by atoms with Crippen LogP contribution in [0.4, 0.5) is 4.79 Å². The molecule has 1 spiro atoms. The second-order valence-electron chi connectivity index (χ2n) is 7.31. The predicted octanol–water partition coefficient (Wildman–Crippen LogP) is 2.69. The van der Waals surface area contributed by atoms with Gasteiger partial charge < -0.3 is 15.3 Å². The van der Waals surface area contributed by atoms with E-state index in [2.05, 4.69) is 29.6 Å². The van der Waals surface area contributed by atoms with Gasteiger partial charge in [0.2, 0.25) is 0 Å². The Morgan fingerprint density at radius 3 is 3.04 bits per heavy atom. The van der Waals surface area contributed by atoms with Crippen LogP contribution in [0, 0.1) is 5.92 Å². The SMILES string of the molecule is C[C@H](O)CCN(C)C(=O)NC[C@H]1C[C@]12CCCc1ccccc12. The third kappa shape index (κ3) is 3.37. The Bertz CT molecular complexity index is 572. The number of aliphatic hydroxyl groups is 1. The lowest BCUT2D eigenvalue weighted by Gasteiger charge is -2.27. The highest BCUT2D eigenvalue weighted by atomic mass is 16.3. The van der Waals surface area contributed by atoms with Crippen LogP contribution in [0.15, 0.2) is 24.3 Å². The Hall–Kier alpha value is -1.55. The summed E-state index contributed by atoms with van der Waals surface area (Å²) in [7, 11) is 1.79. The van der Waals surface area contributed by atoms with Crippen LogP contribution in [0.25, 0.3) is 0 Å². The van der Waals surface area contributed by atoms with Crippen LogP contribution >= 0.6 is 0 Å². The van der Waals surface area contributed by atoms with Crippen molar-refractivity contribution in [3.63, 3.8) is 0 Å². The zero-order chi connectivity index (χ0) is 16.4. The molecule has 1 aromatic carbocycles. The number of nitrogens with zero attached hydrogens (tertiary/aromatic N) is 1. The van der Waals surface area contributed by atoms with Crippen molar-refractivity contribution in [1.82, 2.24) is 10.2 Å². The average Bonchev–Trinajstić information content (AvgIpc) is 3.24. The van der Waals surface area contributed by atoms with Gasteiger partial charge in [0.05, 0.1) is 6.10 Å². The molecule has 2 N–H and O–H groups in total. The Kier molecular flexibility index (Phi) is 4.62. The summed E-state index contributed by atoms with van der Waals surface area (Å²) in [5.41, 5.74) is 3.34. The van der Waals surface area contributed by atoms with Gasteiger partial charge in [0, 0.05) is 25.6 Å². The van der Waals surface area contributed by atoms with Gasteiger partial charge in [0.25, 0.3) is 0 Å². The molecule has 2 aliphatic carbocycles. The summed E-state index contributed by atoms with van der Waals surface area (Å²) in [6, 6.07) is 8.79. The number of amides is 2. The number of nitrogens with one attached hydrogen (secondary N) is 1. The normalized spacial score (nSPS) is 26.5. The second-order valence-corrected chi connectivity index (χ2v) is 7.31. The monoisotopic (exact) mass is 316 g/mol. The fourth-order valence-electron chi connectivity index (χ4n) is 4.06. The maximum Gasteiger partial charge on any atom is 0.317 e. The van der Waals surface area contributed by atoms with Gasteiger partial charge in [0.15, 0.2) is 0 Å². The zero-order valence-electron chi connectivity index (χ0n) is 14.2. The quantitative estimate of drug-likeness (QED) is 0.877. The highest BCUT2D eigenvalue weighted by molar-refractivity contribution is 5.73. The summed E-state index contributed by atoms with van der Waals surface area (Å²) < 4.78 is 0. The summed E-state index contributed by atoms with van der Waals surface area (Å²) in [6.45, 7) is 3.09. The van der Waals surface area contributed by atoms with Gasteiger partial charge in [0.1, 0.15) is 0 Å². The fraction of sp³-hybridized carbons (Fsp3) is 0.632. The van der Waals surface area contributed by atoms with E-state index in [1.54, 1.807) is 18.9 Å². The van der Waals surface area contributed by atoms with Crippen LogP contribution in [-0.2, 0) is 11.8 Å². The Labute approximate surface area is 138 Å². The molecule has 23 heavy (non-hydrogen) atoms. The van der Waals surface area contributed by atoms with Crippen molar-refractivity contribution < 1.29 is 9.90 Å². The first-order chi connectivity index (χ1) is 11.0. The minimum absolute atomic E-state index is 0.0307. The number of carbonyl (C=O) groups is 1. The van der Waals surface area contributed by atoms with Crippen LogP contribution in [-0.4, -0.2) is 42.3 Å². The van der Waals surface area contributed by atoms with Gasteiger partial charge in [-0.25, -0.2) is 4.79 Å². The summed E-state index contributed by atoms with van der Waals surface area (Å²) in [5.74, 6) is 0.568. The number of rotatable bonds is 5. The summed E-state index contributed by atoms with van der Waals surface area (Å²) in [4.78, 5) is 13.8. The molecule has 0 saturated heterocycles. The molecule has 1 aromatic rings. The van der Waals surface area contributed by atoms with Gasteiger partial charge in [-0.05, 0) is 56.1 Å². The lowest BCUT2D eigenvalue weighted by Crippen LogP contribution is -2.40. The van der Waals surface area contributed by atoms with Crippen molar-refractivity contribution >= 4 is 6.03 Å². The number of carbonyl (C=O) groups excluding carboxylic acids is 1. The molecule has 0 radical (unpaired) electrons. The zero-order valence-corrected chi connectivity index (χ0v) is 14.2. The average molecular weight is 316 g/mol. The maximum atomic E-state index is 12.1. The summed E-state index contributed by atoms with van der Waals surface area (Å²) in [5, 5.41) is 12.4. The Morgan fingerprint density at radius 2 is 2.26 bits per heavy atom. The molecule has 3 rings (SSSR count). The van der Waals surface area contributed by atoms with E-state index in [4.69, 9.17) is 0 Å². The van der Waals surface area contributed by atoms with Crippen molar-refractivity contribution in [2.45, 2.75) is 50.5 Å². The lowest BCUT2D eigenvalue weighted by molar-refractivity contribution is 0.163. The number of urea groups is 1. The van der Waals surface area contributed by atoms with Gasteiger partial charge >= 0.3 is 6.03 Å². The van der Waals surface area contributed by atoms with Crippen LogP contribution in [0.5, 0.6) is 0 Å². The van der Waals surface area contributed by atoms with E-state index in [1.807, 2.05) is 0 Å². The Balaban J connectivity index is 1.53. The topological polar surface area (TPSA) is 52.6 Å². The molecular weight excluding hydrogens is 288 g/mol. The molecule has 1 fully saturated rings. The molecule has 4 heteroatoms. The highest BCUT2D eigenvalue weighted by Crippen LogP contribution is 2.59. The van der Waals surface area contributed by atoms with Crippen molar-refractivity contribution in [3.05, 3.63) is 35.4 Å². The minimum Gasteiger partial charge on any atom is -0.393 e. The highest BCUT2D eigenvalue weighted by Gasteiger charge is 2.56. The Morgan fingerprint density at radius 1 is 1.48 bits per heavy atom. The maximum absolute atomic E-state index is 12.1. The van der Waals surface area contributed by atoms with E-state index >= 15 is 0 Å². The third-order valence-electron chi connectivity index (χ3n) is 5.58. The van der Waals surface area contributed by atoms with Crippen LogP contribution in [0.3, 0.4) is 0 Å². The molecule has 2 aliphatic rings. The molecule has 3 atom stereocenters. The standard InChI is InChI=1S/C19H28N2O2/c1-14(22)9-11-21(2)18(23)20-13-16-12-19(16)10-5-7-15-6-3-4-8-17(15)19/h3-4,6,8,14,16,22H,5,7,9-13H2,1-2H3,(H,20,23)/t14-,16+,19+/m0/s1. The first-order valence-electron chi connectivity index (χ1n) is 8.78. The van der Waals surface area contributed by atoms with Crippen LogP contribution in [0.1, 0.15) is 43.7 Å². The second kappa shape index (κ2) is 6.52. The number of fused-ring (bicyclic) bond motifs is 2. The van der Waals surface area contributed by atoms with Crippen LogP contribution in [0.2, 0.25) is 0 Å². The van der Waals surface area contributed by atoms with Crippen molar-refractivity contribution in [2.75, 3.05) is 20.1 Å². The van der Waals surface area contributed by atoms with E-state index in [9.17, 15) is 9.90 Å². The van der Waals surface area contributed by atoms with Crippen molar-refractivity contribution in [2.24, 2.45) is 5.92 Å². The summed E-state index contributed by atoms with van der Waals surface area (Å²) in [6.07, 6.45) is 5.15. The van der Waals surface area contributed by atoms with Crippen molar-refractivity contribution in [3.8, 4) is 0 Å². The van der Waals surface area contributed by atoms with E-state index in [1.165, 1.54) is 36.8 Å². The molecule has 1 saturated carbocycles. The molecule has 0 aliphatic heterocycles. The van der Waals surface area contributed by atoms with Crippen LogP contribution < -0.4 is 5.32 Å². The molecule has 2 amide bonds. The first kappa shape index (κ1) is 16.3. The van der Waals surface area contributed by atoms with Crippen molar-refractivity contribution in [1.29, 1.82) is 0 Å². The molecule has 0 aromatic heterocycles. The number of hydrogen-bond acceptors (Lipinski definition) is 2. The predicted molar refractivity (Wildman–Crippen MR) is 91.5 cm³/mol. The number of aliphatic hydroxyl groups excluding tert-OH is 1. The lowest BCUT2D eigenvalue weighted by atomic mass is 9.78. The molecule has 126 valence electrons. The third-order valence-corrected chi connectivity index (χ3v) is 5.58. The summed E-state index contributed by atoms with van der Waals surface area (Å²) >= 11 is 0. The minimum atomic E-state index is -0.365.